The zero-order valence-corrected chi connectivity index (χ0v) is 18.9. The van der Waals surface area contributed by atoms with Crippen molar-refractivity contribution in [3.63, 3.8) is 0 Å². The van der Waals surface area contributed by atoms with Crippen molar-refractivity contribution in [1.82, 2.24) is 15.3 Å². The quantitative estimate of drug-likeness (QED) is 0.285. The van der Waals surface area contributed by atoms with E-state index in [1.807, 2.05) is 43.4 Å². The summed E-state index contributed by atoms with van der Waals surface area (Å²) in [6.45, 7) is 5.17. The van der Waals surface area contributed by atoms with Crippen LogP contribution < -0.4 is 26.6 Å². The Morgan fingerprint density at radius 3 is 2.50 bits per heavy atom. The van der Waals surface area contributed by atoms with Crippen molar-refractivity contribution >= 4 is 52.7 Å². The van der Waals surface area contributed by atoms with E-state index in [1.54, 1.807) is 31.8 Å². The van der Waals surface area contributed by atoms with Crippen molar-refractivity contribution < 1.29 is 4.57 Å². The lowest BCUT2D eigenvalue weighted by atomic mass is 10.3. The minimum atomic E-state index is -2.45. The monoisotopic (exact) mass is 444 g/mol. The molecule has 0 aliphatic heterocycles. The number of aromatic nitrogens is 2. The molecule has 0 aliphatic rings. The maximum absolute atomic E-state index is 12.6. The van der Waals surface area contributed by atoms with E-state index in [0.29, 0.717) is 22.3 Å². The van der Waals surface area contributed by atoms with Gasteiger partial charge in [0.1, 0.15) is 18.8 Å². The highest BCUT2D eigenvalue weighted by Gasteiger charge is 2.16. The number of likely N-dealkylation sites (N-methyl/N-ethyl adjacent to an activating group) is 1. The van der Waals surface area contributed by atoms with Gasteiger partial charge < -0.3 is 25.8 Å². The van der Waals surface area contributed by atoms with Gasteiger partial charge in [-0.2, -0.15) is 0 Å². The first-order valence-electron chi connectivity index (χ1n) is 9.55. The number of hydrogen-bond donors (Lipinski definition) is 4. The van der Waals surface area contributed by atoms with E-state index in [9.17, 15) is 4.57 Å². The lowest BCUT2D eigenvalue weighted by Gasteiger charge is -2.16. The van der Waals surface area contributed by atoms with E-state index in [1.165, 1.54) is 0 Å². The second kappa shape index (κ2) is 9.94. The van der Waals surface area contributed by atoms with Crippen LogP contribution in [0.3, 0.4) is 0 Å². The van der Waals surface area contributed by atoms with Crippen LogP contribution in [0.5, 0.6) is 0 Å². The molecule has 0 fully saturated rings. The minimum Gasteiger partial charge on any atom is -0.384 e. The number of benzene rings is 1. The molecule has 30 heavy (non-hydrogen) atoms. The van der Waals surface area contributed by atoms with Crippen LogP contribution in [0.15, 0.2) is 54.9 Å². The van der Waals surface area contributed by atoms with E-state index in [4.69, 9.17) is 11.6 Å². The zero-order valence-electron chi connectivity index (χ0n) is 17.2. The number of para-hydroxylation sites is 1. The molecule has 0 aliphatic carbocycles. The Morgan fingerprint density at radius 1 is 0.967 bits per heavy atom. The normalized spacial score (nSPS) is 11.2. The number of halogens is 1. The van der Waals surface area contributed by atoms with E-state index in [0.717, 1.165) is 29.8 Å². The lowest BCUT2D eigenvalue weighted by Crippen LogP contribution is -2.17. The highest BCUT2D eigenvalue weighted by atomic mass is 35.5. The molecule has 0 atom stereocenters. The number of rotatable bonds is 9. The molecule has 7 nitrogen and oxygen atoms in total. The van der Waals surface area contributed by atoms with E-state index >= 15 is 0 Å². The van der Waals surface area contributed by atoms with Crippen LogP contribution >= 0.6 is 18.7 Å². The van der Waals surface area contributed by atoms with Gasteiger partial charge in [0, 0.05) is 48.1 Å². The smallest absolute Gasteiger partial charge is 0.133 e. The molecule has 0 amide bonds. The van der Waals surface area contributed by atoms with Gasteiger partial charge in [-0.05, 0) is 38.6 Å². The summed E-state index contributed by atoms with van der Waals surface area (Å²) in [7, 11) is -0.536. The predicted molar refractivity (Wildman–Crippen MR) is 128 cm³/mol. The molecule has 0 saturated carbocycles. The largest absolute Gasteiger partial charge is 0.384 e. The van der Waals surface area contributed by atoms with Crippen molar-refractivity contribution in [2.75, 3.05) is 49.4 Å². The fraction of sp³-hybridized carbons (Fsp3) is 0.238. The van der Waals surface area contributed by atoms with Crippen LogP contribution in [0.1, 0.15) is 0 Å². The van der Waals surface area contributed by atoms with Gasteiger partial charge in [-0.25, -0.2) is 9.97 Å². The summed E-state index contributed by atoms with van der Waals surface area (Å²) in [6, 6.07) is 13.2. The van der Waals surface area contributed by atoms with Gasteiger partial charge in [0.15, 0.2) is 0 Å². The second-order valence-electron chi connectivity index (χ2n) is 7.13. The third-order valence-electron chi connectivity index (χ3n) is 4.33. The summed E-state index contributed by atoms with van der Waals surface area (Å²) in [4.78, 5) is 8.69. The zero-order chi connectivity index (χ0) is 21.6. The Balaban J connectivity index is 1.80. The fourth-order valence-corrected chi connectivity index (χ4v) is 4.18. The van der Waals surface area contributed by atoms with Crippen LogP contribution in [0.25, 0.3) is 0 Å². The van der Waals surface area contributed by atoms with Gasteiger partial charge in [0.2, 0.25) is 0 Å². The molecule has 4 N–H and O–H groups in total. The van der Waals surface area contributed by atoms with Crippen LogP contribution in [0.4, 0.5) is 28.7 Å². The van der Waals surface area contributed by atoms with Crippen LogP contribution in [-0.4, -0.2) is 43.4 Å². The molecule has 3 rings (SSSR count). The number of anilines is 5. The summed E-state index contributed by atoms with van der Waals surface area (Å²) < 4.78 is 12.6. The van der Waals surface area contributed by atoms with Crippen molar-refractivity contribution in [2.24, 2.45) is 0 Å². The van der Waals surface area contributed by atoms with Crippen LogP contribution in [0.2, 0.25) is 5.02 Å². The molecule has 0 spiro atoms. The van der Waals surface area contributed by atoms with Crippen molar-refractivity contribution in [3.05, 3.63) is 59.9 Å². The molecule has 9 heteroatoms. The van der Waals surface area contributed by atoms with Crippen molar-refractivity contribution in [1.29, 1.82) is 0 Å². The Hall–Kier alpha value is -2.60. The third-order valence-corrected chi connectivity index (χ3v) is 6.18. The fourth-order valence-electron chi connectivity index (χ4n) is 2.87. The molecular formula is C21H26ClN6OP. The predicted octanol–water partition coefficient (Wildman–Crippen LogP) is 4.50. The molecule has 0 radical (unpaired) electrons. The Labute approximate surface area is 182 Å². The average Bonchev–Trinajstić information content (AvgIpc) is 2.71. The molecule has 3 aromatic rings. The Morgan fingerprint density at radius 2 is 1.73 bits per heavy atom. The van der Waals surface area contributed by atoms with Gasteiger partial charge in [-0.3, -0.25) is 0 Å². The first-order chi connectivity index (χ1) is 14.4. The minimum absolute atomic E-state index is 0.466. The van der Waals surface area contributed by atoms with E-state index < -0.39 is 7.14 Å². The van der Waals surface area contributed by atoms with Gasteiger partial charge in [0.05, 0.1) is 16.9 Å². The lowest BCUT2D eigenvalue weighted by molar-refractivity contribution is 0.588. The van der Waals surface area contributed by atoms with Gasteiger partial charge in [-0.15, -0.1) is 0 Å². The van der Waals surface area contributed by atoms with Crippen molar-refractivity contribution in [3.8, 4) is 0 Å². The second-order valence-corrected chi connectivity index (χ2v) is 10.7. The molecule has 2 heterocycles. The molecule has 0 unspecified atom stereocenters. The Kier molecular flexibility index (Phi) is 7.32. The van der Waals surface area contributed by atoms with Crippen LogP contribution in [-0.2, 0) is 4.57 Å². The molecule has 2 aromatic heterocycles. The molecule has 1 aromatic carbocycles. The number of nitrogens with one attached hydrogen (secondary N) is 4. The summed E-state index contributed by atoms with van der Waals surface area (Å²) >= 11 is 6.36. The van der Waals surface area contributed by atoms with Gasteiger partial charge >= 0.3 is 0 Å². The summed E-state index contributed by atoms with van der Waals surface area (Å²) in [6.07, 6.45) is 3.30. The van der Waals surface area contributed by atoms with Gasteiger partial charge in [0.25, 0.3) is 0 Å². The third kappa shape index (κ3) is 5.95. The number of nitrogens with zero attached hydrogens (tertiary/aromatic N) is 2. The maximum Gasteiger partial charge on any atom is 0.133 e. The first-order valence-corrected chi connectivity index (χ1v) is 12.5. The summed E-state index contributed by atoms with van der Waals surface area (Å²) in [5.74, 6) is 1.26. The highest BCUT2D eigenvalue weighted by Crippen LogP contribution is 2.39. The topological polar surface area (TPSA) is 91.0 Å². The maximum atomic E-state index is 12.6. The van der Waals surface area contributed by atoms with E-state index in [2.05, 4.69) is 31.2 Å². The molecule has 0 bridgehead atoms. The number of hydrogen-bond acceptors (Lipinski definition) is 7. The molecular weight excluding hydrogens is 419 g/mol. The highest BCUT2D eigenvalue weighted by molar-refractivity contribution is 7.70. The molecule has 0 saturated heterocycles. The van der Waals surface area contributed by atoms with Crippen molar-refractivity contribution in [2.45, 2.75) is 0 Å². The molecule has 158 valence electrons. The van der Waals surface area contributed by atoms with E-state index in [-0.39, 0.29) is 0 Å². The van der Waals surface area contributed by atoms with Crippen LogP contribution in [0, 0.1) is 0 Å². The van der Waals surface area contributed by atoms with Gasteiger partial charge in [-0.1, -0.05) is 23.7 Å². The Bertz CT molecular complexity index is 1060. The average molecular weight is 445 g/mol. The SMILES string of the molecule is CNCCNc1ccnc(Nc2cc(Nc3ccccc3P(C)(C)=O)c(Cl)cn2)c1. The summed E-state index contributed by atoms with van der Waals surface area (Å²) in [5.41, 5.74) is 2.39. The number of pyridine rings is 2. The standard InChI is InChI=1S/C21H26ClN6OP/c1-23-10-11-24-15-8-9-25-20(12-15)28-21-13-18(16(22)14-26-21)27-17-6-4-5-7-19(17)30(2,3)29/h4-9,12-14,23H,10-11H2,1-3H3,(H3,24,25,26,27,28). The first kappa shape index (κ1) is 22.1. The summed E-state index contributed by atoms with van der Waals surface area (Å²) in [5, 5.41) is 14.2.